The van der Waals surface area contributed by atoms with Crippen molar-refractivity contribution in [3.63, 3.8) is 0 Å². The van der Waals surface area contributed by atoms with Gasteiger partial charge in [0.15, 0.2) is 0 Å². The van der Waals surface area contributed by atoms with Crippen molar-refractivity contribution in [3.05, 3.63) is 0 Å². The first-order valence-corrected chi connectivity index (χ1v) is 3.99. The predicted octanol–water partition coefficient (Wildman–Crippen LogP) is 0.101. The van der Waals surface area contributed by atoms with Crippen molar-refractivity contribution in [3.8, 4) is 9.85 Å². The molecule has 5 heteroatoms. The molecular formula is C6H8INO3. The lowest BCUT2D eigenvalue weighted by molar-refractivity contribution is 0.120. The zero-order valence-electron chi connectivity index (χ0n) is 5.76. The lowest BCUT2D eigenvalue weighted by Gasteiger charge is -2.00. The van der Waals surface area contributed by atoms with Crippen molar-refractivity contribution in [1.29, 1.82) is 0 Å². The number of carbonyl (C=O) groups is 1. The molecule has 0 rings (SSSR count). The van der Waals surface area contributed by atoms with E-state index in [4.69, 9.17) is 5.11 Å². The minimum absolute atomic E-state index is 0.0174. The van der Waals surface area contributed by atoms with Gasteiger partial charge in [0.05, 0.1) is 13.2 Å². The van der Waals surface area contributed by atoms with Gasteiger partial charge in [0, 0.05) is 22.6 Å². The average Bonchev–Trinajstić information content (AvgIpc) is 2.01. The summed E-state index contributed by atoms with van der Waals surface area (Å²) in [5.74, 6) is 2.62. The van der Waals surface area contributed by atoms with Crippen LogP contribution in [0.2, 0.25) is 0 Å². The first-order chi connectivity index (χ1) is 5.31. The van der Waals surface area contributed by atoms with E-state index in [0.29, 0.717) is 0 Å². The molecule has 0 fully saturated rings. The molecule has 0 aliphatic heterocycles. The maximum Gasteiger partial charge on any atom is 0.407 e. The number of rotatable bonds is 3. The number of aliphatic hydroxyl groups excluding tert-OH is 1. The van der Waals surface area contributed by atoms with E-state index in [-0.39, 0.29) is 19.8 Å². The Bertz CT molecular complexity index is 172. The highest BCUT2D eigenvalue weighted by Crippen LogP contribution is 1.75. The number of alkyl carbamates (subject to hydrolysis) is 1. The zero-order valence-corrected chi connectivity index (χ0v) is 7.92. The molecule has 0 aromatic heterocycles. The summed E-state index contributed by atoms with van der Waals surface area (Å²) in [5, 5.41) is 10.6. The summed E-state index contributed by atoms with van der Waals surface area (Å²) in [4.78, 5) is 10.6. The average molecular weight is 269 g/mol. The van der Waals surface area contributed by atoms with Crippen molar-refractivity contribution in [2.45, 2.75) is 0 Å². The van der Waals surface area contributed by atoms with Crippen LogP contribution in [0, 0.1) is 9.85 Å². The number of amides is 1. The summed E-state index contributed by atoms with van der Waals surface area (Å²) in [5.41, 5.74) is 0. The molecule has 0 aromatic carbocycles. The van der Waals surface area contributed by atoms with Gasteiger partial charge in [-0.25, -0.2) is 4.79 Å². The van der Waals surface area contributed by atoms with Gasteiger partial charge in [0.25, 0.3) is 0 Å². The second-order valence-corrected chi connectivity index (χ2v) is 2.02. The molecule has 0 saturated heterocycles. The van der Waals surface area contributed by atoms with E-state index in [2.05, 4.69) is 19.9 Å². The Morgan fingerprint density at radius 2 is 2.45 bits per heavy atom. The highest BCUT2D eigenvalue weighted by molar-refractivity contribution is 14.1. The van der Waals surface area contributed by atoms with E-state index < -0.39 is 6.09 Å². The third kappa shape index (κ3) is 7.42. The number of nitrogens with one attached hydrogen (secondary N) is 1. The lowest BCUT2D eigenvalue weighted by Crippen LogP contribution is -2.25. The van der Waals surface area contributed by atoms with E-state index >= 15 is 0 Å². The van der Waals surface area contributed by atoms with Crippen LogP contribution in [0.4, 0.5) is 4.79 Å². The summed E-state index contributed by atoms with van der Waals surface area (Å²) in [6.07, 6.45) is -0.557. The van der Waals surface area contributed by atoms with Crippen molar-refractivity contribution in [2.75, 3.05) is 19.8 Å². The number of ether oxygens (including phenoxy) is 1. The fraction of sp³-hybridized carbons (Fsp3) is 0.500. The van der Waals surface area contributed by atoms with Gasteiger partial charge >= 0.3 is 6.09 Å². The van der Waals surface area contributed by atoms with Gasteiger partial charge in [-0.3, -0.25) is 0 Å². The topological polar surface area (TPSA) is 58.6 Å². The standard InChI is InChI=1S/C6H8INO3/c7-2-1-3-8-6(10)11-5-4-9/h9H,3-5H2,(H,8,10). The smallest absolute Gasteiger partial charge is 0.407 e. The first kappa shape index (κ1) is 10.5. The molecule has 0 aliphatic carbocycles. The van der Waals surface area contributed by atoms with Gasteiger partial charge in [-0.15, -0.1) is 0 Å². The molecule has 0 aromatic rings. The van der Waals surface area contributed by atoms with Crippen LogP contribution < -0.4 is 5.32 Å². The third-order valence-electron chi connectivity index (χ3n) is 0.712. The van der Waals surface area contributed by atoms with Crippen LogP contribution in [0.25, 0.3) is 0 Å². The predicted molar refractivity (Wildman–Crippen MR) is 48.2 cm³/mol. The molecule has 62 valence electrons. The quantitative estimate of drug-likeness (QED) is 0.564. The van der Waals surface area contributed by atoms with Crippen LogP contribution in [0.1, 0.15) is 0 Å². The molecular weight excluding hydrogens is 261 g/mol. The number of hydrogen-bond donors (Lipinski definition) is 2. The minimum Gasteiger partial charge on any atom is -0.447 e. The summed E-state index contributed by atoms with van der Waals surface area (Å²) < 4.78 is 7.05. The van der Waals surface area contributed by atoms with Crippen LogP contribution in [-0.2, 0) is 4.74 Å². The molecule has 0 spiro atoms. The van der Waals surface area contributed by atoms with Gasteiger partial charge in [-0.1, -0.05) is 5.92 Å². The molecule has 0 unspecified atom stereocenters. The normalized spacial score (nSPS) is 7.82. The van der Waals surface area contributed by atoms with Crippen molar-refractivity contribution in [1.82, 2.24) is 5.32 Å². The molecule has 4 nitrogen and oxygen atoms in total. The summed E-state index contributed by atoms with van der Waals surface area (Å²) in [6, 6.07) is 0. The second kappa shape index (κ2) is 7.63. The van der Waals surface area contributed by atoms with E-state index in [1.54, 1.807) is 0 Å². The third-order valence-corrected chi connectivity index (χ3v) is 1.09. The number of halogens is 1. The van der Waals surface area contributed by atoms with Crippen LogP contribution >= 0.6 is 22.6 Å². The lowest BCUT2D eigenvalue weighted by atomic mass is 10.7. The first-order valence-electron chi connectivity index (χ1n) is 2.91. The van der Waals surface area contributed by atoms with Crippen LogP contribution in [0.5, 0.6) is 0 Å². The van der Waals surface area contributed by atoms with Gasteiger partial charge in [-0.2, -0.15) is 0 Å². The second-order valence-electron chi connectivity index (χ2n) is 1.48. The fourth-order valence-corrected chi connectivity index (χ4v) is 0.530. The Labute approximate surface area is 78.4 Å². The van der Waals surface area contributed by atoms with Crippen LogP contribution in [-0.4, -0.2) is 31.0 Å². The molecule has 11 heavy (non-hydrogen) atoms. The van der Waals surface area contributed by atoms with E-state index in [9.17, 15) is 4.79 Å². The van der Waals surface area contributed by atoms with Crippen LogP contribution in [0.15, 0.2) is 0 Å². The largest absolute Gasteiger partial charge is 0.447 e. The van der Waals surface area contributed by atoms with E-state index in [1.807, 2.05) is 22.6 Å². The van der Waals surface area contributed by atoms with Crippen molar-refractivity contribution >= 4 is 28.7 Å². The van der Waals surface area contributed by atoms with E-state index in [0.717, 1.165) is 0 Å². The number of aliphatic hydroxyl groups is 1. The molecule has 1 amide bonds. The Hall–Kier alpha value is -0.480. The SMILES string of the molecule is O=C(NCC#CI)OCCO. The highest BCUT2D eigenvalue weighted by Gasteiger charge is 1.96. The summed E-state index contributed by atoms with van der Waals surface area (Å²) in [6.45, 7) is 0.127. The van der Waals surface area contributed by atoms with Gasteiger partial charge in [0.1, 0.15) is 6.61 Å². The van der Waals surface area contributed by atoms with Gasteiger partial charge in [-0.05, 0) is 3.93 Å². The number of hydrogen-bond acceptors (Lipinski definition) is 3. The van der Waals surface area contributed by atoms with Gasteiger partial charge < -0.3 is 15.2 Å². The molecule has 0 heterocycles. The van der Waals surface area contributed by atoms with Crippen LogP contribution in [0.3, 0.4) is 0 Å². The minimum atomic E-state index is -0.557. The zero-order chi connectivity index (χ0) is 8.53. The molecule has 2 N–H and O–H groups in total. The molecule has 0 bridgehead atoms. The Balaban J connectivity index is 3.27. The Kier molecular flexibility index (Phi) is 7.29. The maximum absolute atomic E-state index is 10.6. The fourth-order valence-electron chi connectivity index (χ4n) is 0.339. The highest BCUT2D eigenvalue weighted by atomic mass is 127. The molecule has 0 saturated carbocycles. The monoisotopic (exact) mass is 269 g/mol. The van der Waals surface area contributed by atoms with E-state index in [1.165, 1.54) is 0 Å². The molecule has 0 aliphatic rings. The van der Waals surface area contributed by atoms with Gasteiger partial charge in [0.2, 0.25) is 0 Å². The summed E-state index contributed by atoms with van der Waals surface area (Å²) in [7, 11) is 0. The van der Waals surface area contributed by atoms with Crippen molar-refractivity contribution in [2.24, 2.45) is 0 Å². The Morgan fingerprint density at radius 1 is 1.73 bits per heavy atom. The Morgan fingerprint density at radius 3 is 3.00 bits per heavy atom. The van der Waals surface area contributed by atoms with Crippen molar-refractivity contribution < 1.29 is 14.6 Å². The summed E-state index contributed by atoms with van der Waals surface area (Å²) >= 11 is 1.87. The maximum atomic E-state index is 10.6. The number of carbonyl (C=O) groups excluding carboxylic acids is 1. The molecule has 0 atom stereocenters. The molecule has 0 radical (unpaired) electrons.